The van der Waals surface area contributed by atoms with Crippen LogP contribution in [0.1, 0.15) is 31.7 Å². The van der Waals surface area contributed by atoms with Gasteiger partial charge in [0.2, 0.25) is 0 Å². The van der Waals surface area contributed by atoms with E-state index >= 15 is 0 Å². The Morgan fingerprint density at radius 2 is 1.22 bits per heavy atom. The van der Waals surface area contributed by atoms with Crippen molar-refractivity contribution in [1.82, 2.24) is 0 Å². The van der Waals surface area contributed by atoms with Crippen LogP contribution in [0.2, 0.25) is 0 Å². The zero-order valence-corrected chi connectivity index (χ0v) is 19.4. The van der Waals surface area contributed by atoms with Gasteiger partial charge in [-0.1, -0.05) is 30.3 Å². The molecule has 0 saturated heterocycles. The minimum absolute atomic E-state index is 0. The molecule has 0 aliphatic heterocycles. The van der Waals surface area contributed by atoms with Crippen LogP contribution in [0.15, 0.2) is 30.3 Å². The van der Waals surface area contributed by atoms with E-state index in [1.807, 2.05) is 50.3 Å². The first-order valence-corrected chi connectivity index (χ1v) is 10.4. The Balaban J connectivity index is 0.000000750. The summed E-state index contributed by atoms with van der Waals surface area (Å²) in [4.78, 5) is 37.7. The second-order valence-electron chi connectivity index (χ2n) is 6.76. The molecule has 6 heteroatoms. The molecular weight excluding hydrogens is 448 g/mol. The van der Waals surface area contributed by atoms with Crippen molar-refractivity contribution in [2.24, 2.45) is 5.92 Å². The molecule has 10 radical (unpaired) electrons. The summed E-state index contributed by atoms with van der Waals surface area (Å²) in [7, 11) is 0. The number of ether oxygens (including phenoxy) is 2. The number of Topliss-reactive ketones (excluding diaryl/α,β-unsaturated/α-hetero) is 1. The molecule has 1 atom stereocenters. The van der Waals surface area contributed by atoms with E-state index in [9.17, 15) is 14.4 Å². The molecule has 2 aliphatic rings. The number of hydrogen-bond donors (Lipinski definition) is 0. The molecule has 32 heavy (non-hydrogen) atoms. The summed E-state index contributed by atoms with van der Waals surface area (Å²) in [6.45, 7) is 3.64. The van der Waals surface area contributed by atoms with E-state index in [2.05, 4.69) is 0 Å². The number of ketones is 1. The van der Waals surface area contributed by atoms with Crippen molar-refractivity contribution in [2.75, 3.05) is 13.2 Å². The van der Waals surface area contributed by atoms with Crippen molar-refractivity contribution in [3.8, 4) is 0 Å². The van der Waals surface area contributed by atoms with E-state index in [4.69, 9.17) is 9.47 Å². The Kier molecular flexibility index (Phi) is 14.2. The quantitative estimate of drug-likeness (QED) is 0.307. The summed E-state index contributed by atoms with van der Waals surface area (Å²) in [6, 6.07) is 9.05. The van der Waals surface area contributed by atoms with Gasteiger partial charge in [-0.15, -0.1) is 0 Å². The Bertz CT molecular complexity index is 655. The molecule has 2 aliphatic carbocycles. The summed E-state index contributed by atoms with van der Waals surface area (Å²) >= 11 is 0. The van der Waals surface area contributed by atoms with Gasteiger partial charge in [-0.25, -0.2) is 0 Å². The van der Waals surface area contributed by atoms with Gasteiger partial charge in [0.05, 0.1) is 13.2 Å². The van der Waals surface area contributed by atoms with E-state index in [1.54, 1.807) is 51.7 Å². The van der Waals surface area contributed by atoms with Crippen molar-refractivity contribution in [1.29, 1.82) is 0 Å². The van der Waals surface area contributed by atoms with Crippen molar-refractivity contribution >= 4 is 17.7 Å². The second kappa shape index (κ2) is 16.0. The normalized spacial score (nSPS) is 16.5. The van der Waals surface area contributed by atoms with Crippen LogP contribution in [0.3, 0.4) is 0 Å². The minimum Gasteiger partial charge on any atom is -0.465 e. The smallest absolute Gasteiger partial charge is 0.465 e. The van der Waals surface area contributed by atoms with Gasteiger partial charge in [0.15, 0.2) is 5.92 Å². The zero-order chi connectivity index (χ0) is 22.5. The van der Waals surface area contributed by atoms with E-state index in [1.165, 1.54) is 0 Å². The number of benzene rings is 1. The van der Waals surface area contributed by atoms with Crippen LogP contribution in [-0.2, 0) is 40.9 Å². The third-order valence-corrected chi connectivity index (χ3v) is 4.66. The van der Waals surface area contributed by atoms with Gasteiger partial charge in [0.25, 0.3) is 0 Å². The first-order valence-electron chi connectivity index (χ1n) is 10.4. The summed E-state index contributed by atoms with van der Waals surface area (Å²) in [5.74, 6) is -2.77. The summed E-state index contributed by atoms with van der Waals surface area (Å²) < 4.78 is 10.2. The van der Waals surface area contributed by atoms with Gasteiger partial charge in [0.1, 0.15) is 5.78 Å². The largest absolute Gasteiger partial charge is 2.00 e. The van der Waals surface area contributed by atoms with Crippen molar-refractivity contribution in [3.63, 3.8) is 0 Å². The Labute approximate surface area is 203 Å². The van der Waals surface area contributed by atoms with Gasteiger partial charge in [-0.2, -0.15) is 0 Å². The van der Waals surface area contributed by atoms with E-state index in [-0.39, 0.29) is 42.5 Å². The average molecular weight is 476 g/mol. The Hall–Kier alpha value is -1.65. The van der Waals surface area contributed by atoms with Crippen LogP contribution in [0.4, 0.5) is 0 Å². The molecule has 1 aromatic rings. The summed E-state index contributed by atoms with van der Waals surface area (Å²) in [5, 5.41) is 0. The molecule has 1 aromatic carbocycles. The Morgan fingerprint density at radius 3 is 1.66 bits per heavy atom. The van der Waals surface area contributed by atoms with Gasteiger partial charge < -0.3 is 9.47 Å². The predicted octanol–water partition coefficient (Wildman–Crippen LogP) is 3.90. The maximum absolute atomic E-state index is 12.7. The number of esters is 2. The molecule has 0 heterocycles. The first kappa shape index (κ1) is 28.4. The number of hydrogen-bond acceptors (Lipinski definition) is 5. The molecule has 0 spiro atoms. The van der Waals surface area contributed by atoms with Crippen LogP contribution >= 0.6 is 0 Å². The van der Waals surface area contributed by atoms with E-state index < -0.39 is 23.8 Å². The topological polar surface area (TPSA) is 69.7 Å². The minimum atomic E-state index is -1.18. The third kappa shape index (κ3) is 9.07. The Morgan fingerprint density at radius 1 is 0.750 bits per heavy atom. The standard InChI is InChI=1S/C21H23O5.C5H5.Fe/c1-3-25-20(23)19(21(24)26-4-2)17(15-10-6-5-7-11-15)14-18(22)16-12-8-9-13-16;1-2-4-5-3-1;/h5-13,17,19H,3-4,14H2,1-2H3;1-5H;/q;;+2. The molecule has 0 amide bonds. The third-order valence-electron chi connectivity index (χ3n) is 4.66. The molecule has 2 saturated carbocycles. The average Bonchev–Trinajstić information content (AvgIpc) is 3.51. The maximum atomic E-state index is 12.7. The number of carbonyl (C=O) groups excluding carboxylic acids is 3. The zero-order valence-electron chi connectivity index (χ0n) is 18.3. The van der Waals surface area contributed by atoms with Gasteiger partial charge in [0, 0.05) is 18.3 Å². The first-order chi connectivity index (χ1) is 15.1. The van der Waals surface area contributed by atoms with Crippen LogP contribution in [0, 0.1) is 69.6 Å². The number of carbonyl (C=O) groups is 3. The van der Waals surface area contributed by atoms with E-state index in [0.717, 1.165) is 5.56 Å². The van der Waals surface area contributed by atoms with Crippen LogP contribution in [0.25, 0.3) is 0 Å². The monoisotopic (exact) mass is 476 g/mol. The predicted molar refractivity (Wildman–Crippen MR) is 118 cm³/mol. The fraction of sp³-hybridized carbons (Fsp3) is 0.269. The maximum Gasteiger partial charge on any atom is 2.00 e. The fourth-order valence-electron chi connectivity index (χ4n) is 3.22. The molecule has 3 rings (SSSR count). The molecule has 1 unspecified atom stereocenters. The second-order valence-corrected chi connectivity index (χ2v) is 6.76. The summed E-state index contributed by atoms with van der Waals surface area (Å²) in [6.07, 6.45) is 17.0. The molecule has 2 fully saturated rings. The van der Waals surface area contributed by atoms with Crippen molar-refractivity contribution in [2.45, 2.75) is 26.2 Å². The van der Waals surface area contributed by atoms with Crippen molar-refractivity contribution in [3.05, 3.63) is 99.6 Å². The van der Waals surface area contributed by atoms with Gasteiger partial charge in [-0.3, -0.25) is 14.4 Å². The molecule has 0 N–H and O–H groups in total. The van der Waals surface area contributed by atoms with Crippen molar-refractivity contribution < 1.29 is 40.9 Å². The summed E-state index contributed by atoms with van der Waals surface area (Å²) in [5.41, 5.74) is 0.721. The van der Waals surface area contributed by atoms with Crippen LogP contribution in [-0.4, -0.2) is 30.9 Å². The van der Waals surface area contributed by atoms with Crippen LogP contribution < -0.4 is 0 Å². The van der Waals surface area contributed by atoms with Crippen LogP contribution in [0.5, 0.6) is 0 Å². The fourth-order valence-corrected chi connectivity index (χ4v) is 3.22. The van der Waals surface area contributed by atoms with Gasteiger partial charge >= 0.3 is 29.0 Å². The van der Waals surface area contributed by atoms with Gasteiger partial charge in [-0.05, 0) is 77.2 Å². The molecule has 0 bridgehead atoms. The molecular formula is C26H28FeO5+2. The number of rotatable bonds is 9. The van der Waals surface area contributed by atoms with E-state index in [0.29, 0.717) is 5.92 Å². The molecule has 0 aromatic heterocycles. The molecule has 168 valence electrons. The SMILES string of the molecule is CCOC(=O)C(C(=O)OCC)C(CC(=O)[C]1[CH][CH][CH][CH]1)c1ccccc1.[CH]1[CH][CH][CH][CH]1.[Fe+2]. The molecule has 5 nitrogen and oxygen atoms in total.